The van der Waals surface area contributed by atoms with Crippen LogP contribution in [-0.4, -0.2) is 25.0 Å². The third-order valence-corrected chi connectivity index (χ3v) is 2.55. The summed E-state index contributed by atoms with van der Waals surface area (Å²) in [6.07, 6.45) is -2.35. The van der Waals surface area contributed by atoms with Crippen molar-refractivity contribution in [1.82, 2.24) is 0 Å². The number of halogens is 3. The van der Waals surface area contributed by atoms with Crippen LogP contribution in [0.1, 0.15) is 13.8 Å². The molecule has 0 aliphatic carbocycles. The maximum absolute atomic E-state index is 11.7. The Hall–Kier alpha value is 0.300. The average molecular weight is 245 g/mol. The third kappa shape index (κ3) is 5.89. The summed E-state index contributed by atoms with van der Waals surface area (Å²) in [6.45, 7) is 4.07. The first-order chi connectivity index (χ1) is 5.57. The molecule has 0 spiro atoms. The van der Waals surface area contributed by atoms with E-state index in [-0.39, 0.29) is 0 Å². The molecule has 1 atom stereocenters. The summed E-state index contributed by atoms with van der Waals surface area (Å²) in [4.78, 5) is 0. The van der Waals surface area contributed by atoms with Gasteiger partial charge in [0.05, 0.1) is 6.61 Å². The molecule has 0 aliphatic rings. The lowest BCUT2D eigenvalue weighted by Gasteiger charge is -2.17. The second kappa shape index (κ2) is 6.78. The Morgan fingerprint density at radius 1 is 1.25 bits per heavy atom. The number of hydrogen-bond donors (Lipinski definition) is 0. The van der Waals surface area contributed by atoms with Gasteiger partial charge >= 0.3 is 0 Å². The molecule has 74 valence electrons. The highest BCUT2D eigenvalue weighted by atomic mass is 79.9. The lowest BCUT2D eigenvalue weighted by Crippen LogP contribution is -2.19. The largest absolute Gasteiger partial charge is 0.375 e. The first-order valence-corrected chi connectivity index (χ1v) is 5.12. The monoisotopic (exact) mass is 244 g/mol. The van der Waals surface area contributed by atoms with Gasteiger partial charge in [0.25, 0.3) is 6.43 Å². The van der Waals surface area contributed by atoms with Gasteiger partial charge in [0.1, 0.15) is 6.61 Å². The van der Waals surface area contributed by atoms with Crippen molar-refractivity contribution < 1.29 is 13.5 Å². The summed E-state index contributed by atoms with van der Waals surface area (Å²) in [5.41, 5.74) is 0. The summed E-state index contributed by atoms with van der Waals surface area (Å²) in [5, 5.41) is 0.800. The highest BCUT2D eigenvalue weighted by Gasteiger charge is 2.12. The Morgan fingerprint density at radius 3 is 2.17 bits per heavy atom. The fourth-order valence-electron chi connectivity index (χ4n) is 0.724. The topological polar surface area (TPSA) is 9.23 Å². The van der Waals surface area contributed by atoms with E-state index in [2.05, 4.69) is 29.8 Å². The molecule has 0 aromatic heterocycles. The predicted octanol–water partition coefficient (Wildman–Crippen LogP) is 2.94. The quantitative estimate of drug-likeness (QED) is 0.654. The SMILES string of the molecule is CC(C)C(CBr)COCC(F)F. The van der Waals surface area contributed by atoms with Crippen LogP contribution in [0.2, 0.25) is 0 Å². The second-order valence-electron chi connectivity index (χ2n) is 3.09. The normalized spacial score (nSPS) is 14.2. The van der Waals surface area contributed by atoms with Crippen LogP contribution in [0, 0.1) is 11.8 Å². The highest BCUT2D eigenvalue weighted by Crippen LogP contribution is 2.14. The van der Waals surface area contributed by atoms with E-state index in [4.69, 9.17) is 4.74 Å². The Kier molecular flexibility index (Phi) is 6.95. The van der Waals surface area contributed by atoms with Crippen LogP contribution in [0.25, 0.3) is 0 Å². The van der Waals surface area contributed by atoms with Gasteiger partial charge in [-0.1, -0.05) is 29.8 Å². The van der Waals surface area contributed by atoms with Crippen molar-refractivity contribution in [2.75, 3.05) is 18.5 Å². The Bertz CT molecular complexity index is 109. The van der Waals surface area contributed by atoms with Crippen molar-refractivity contribution in [2.24, 2.45) is 11.8 Å². The molecule has 0 bridgehead atoms. The summed E-state index contributed by atoms with van der Waals surface area (Å²) >= 11 is 3.32. The van der Waals surface area contributed by atoms with E-state index < -0.39 is 13.0 Å². The number of rotatable bonds is 6. The van der Waals surface area contributed by atoms with Gasteiger partial charge < -0.3 is 4.74 Å². The van der Waals surface area contributed by atoms with Gasteiger partial charge in [-0.25, -0.2) is 8.78 Å². The minimum absolute atomic E-state index is 0.323. The van der Waals surface area contributed by atoms with E-state index >= 15 is 0 Å². The van der Waals surface area contributed by atoms with Gasteiger partial charge in [-0.2, -0.15) is 0 Å². The second-order valence-corrected chi connectivity index (χ2v) is 3.73. The van der Waals surface area contributed by atoms with Crippen LogP contribution < -0.4 is 0 Å². The van der Waals surface area contributed by atoms with Crippen molar-refractivity contribution in [3.63, 3.8) is 0 Å². The molecule has 0 aromatic rings. The van der Waals surface area contributed by atoms with Crippen LogP contribution in [0.3, 0.4) is 0 Å². The van der Waals surface area contributed by atoms with E-state index in [0.29, 0.717) is 18.4 Å². The van der Waals surface area contributed by atoms with Gasteiger partial charge in [0.15, 0.2) is 0 Å². The molecule has 0 rings (SSSR count). The highest BCUT2D eigenvalue weighted by molar-refractivity contribution is 9.09. The molecule has 1 nitrogen and oxygen atoms in total. The zero-order valence-electron chi connectivity index (χ0n) is 7.40. The molecule has 1 unspecified atom stereocenters. The molecule has 0 aromatic carbocycles. The van der Waals surface area contributed by atoms with Gasteiger partial charge in [0.2, 0.25) is 0 Å². The molecule has 0 saturated carbocycles. The Morgan fingerprint density at radius 2 is 1.83 bits per heavy atom. The fraction of sp³-hybridized carbons (Fsp3) is 1.00. The van der Waals surface area contributed by atoms with Crippen LogP contribution in [0.15, 0.2) is 0 Å². The zero-order chi connectivity index (χ0) is 9.56. The molecule has 0 radical (unpaired) electrons. The predicted molar refractivity (Wildman–Crippen MR) is 48.9 cm³/mol. The van der Waals surface area contributed by atoms with Crippen LogP contribution in [0.4, 0.5) is 8.78 Å². The molecule has 0 aliphatic heterocycles. The van der Waals surface area contributed by atoms with Crippen molar-refractivity contribution >= 4 is 15.9 Å². The lowest BCUT2D eigenvalue weighted by molar-refractivity contribution is 0.00144. The molecule has 0 heterocycles. The minimum atomic E-state index is -2.35. The smallest absolute Gasteiger partial charge is 0.261 e. The summed E-state index contributed by atoms with van der Waals surface area (Å²) in [5.74, 6) is 0.783. The lowest BCUT2D eigenvalue weighted by atomic mass is 9.99. The summed E-state index contributed by atoms with van der Waals surface area (Å²) < 4.78 is 28.1. The van der Waals surface area contributed by atoms with E-state index in [0.717, 1.165) is 5.33 Å². The van der Waals surface area contributed by atoms with Gasteiger partial charge in [-0.15, -0.1) is 0 Å². The molecular weight excluding hydrogens is 230 g/mol. The Labute approximate surface area is 80.6 Å². The van der Waals surface area contributed by atoms with E-state index in [1.165, 1.54) is 0 Å². The summed E-state index contributed by atoms with van der Waals surface area (Å²) in [7, 11) is 0. The molecular formula is C8H15BrF2O. The molecule has 12 heavy (non-hydrogen) atoms. The third-order valence-electron chi connectivity index (χ3n) is 1.72. The van der Waals surface area contributed by atoms with Crippen LogP contribution in [0.5, 0.6) is 0 Å². The van der Waals surface area contributed by atoms with E-state index in [1.54, 1.807) is 0 Å². The van der Waals surface area contributed by atoms with Gasteiger partial charge in [-0.3, -0.25) is 0 Å². The average Bonchev–Trinajstić information content (AvgIpc) is 1.96. The number of alkyl halides is 3. The van der Waals surface area contributed by atoms with Crippen molar-refractivity contribution in [3.05, 3.63) is 0 Å². The Balaban J connectivity index is 3.45. The molecule has 0 saturated heterocycles. The first-order valence-electron chi connectivity index (χ1n) is 3.99. The van der Waals surface area contributed by atoms with Crippen LogP contribution in [-0.2, 0) is 4.74 Å². The first kappa shape index (κ1) is 12.3. The van der Waals surface area contributed by atoms with Gasteiger partial charge in [-0.05, 0) is 11.8 Å². The molecule has 0 N–H and O–H groups in total. The number of hydrogen-bond acceptors (Lipinski definition) is 1. The van der Waals surface area contributed by atoms with Gasteiger partial charge in [0, 0.05) is 5.33 Å². The standard InChI is InChI=1S/C8H15BrF2O/c1-6(2)7(3-9)4-12-5-8(10)11/h6-8H,3-5H2,1-2H3. The molecule has 4 heteroatoms. The van der Waals surface area contributed by atoms with E-state index in [1.807, 2.05) is 0 Å². The van der Waals surface area contributed by atoms with E-state index in [9.17, 15) is 8.78 Å². The zero-order valence-corrected chi connectivity index (χ0v) is 8.98. The van der Waals surface area contributed by atoms with Crippen molar-refractivity contribution in [3.8, 4) is 0 Å². The fourth-order valence-corrected chi connectivity index (χ4v) is 1.66. The number of ether oxygens (including phenoxy) is 1. The summed E-state index contributed by atoms with van der Waals surface area (Å²) in [6, 6.07) is 0. The maximum atomic E-state index is 11.7. The van der Waals surface area contributed by atoms with Crippen molar-refractivity contribution in [2.45, 2.75) is 20.3 Å². The molecule has 0 amide bonds. The maximum Gasteiger partial charge on any atom is 0.261 e. The van der Waals surface area contributed by atoms with Crippen molar-refractivity contribution in [1.29, 1.82) is 0 Å². The molecule has 0 fully saturated rings. The minimum Gasteiger partial charge on any atom is -0.375 e. The van der Waals surface area contributed by atoms with Crippen LogP contribution >= 0.6 is 15.9 Å².